The Kier molecular flexibility index (Phi) is 5.44. The molecule has 0 unspecified atom stereocenters. The monoisotopic (exact) mass is 309 g/mol. The Morgan fingerprint density at radius 2 is 2.20 bits per heavy atom. The highest BCUT2D eigenvalue weighted by Crippen LogP contribution is 2.26. The molecular weight excluding hydrogens is 294 g/mol. The van der Waals surface area contributed by atoms with E-state index in [1.165, 1.54) is 12.0 Å². The number of hydrogen-bond acceptors (Lipinski definition) is 4. The van der Waals surface area contributed by atoms with Crippen molar-refractivity contribution in [2.24, 2.45) is 0 Å². The van der Waals surface area contributed by atoms with Crippen molar-refractivity contribution in [2.45, 2.75) is 12.8 Å². The van der Waals surface area contributed by atoms with Crippen LogP contribution in [0.3, 0.4) is 0 Å². The van der Waals surface area contributed by atoms with Gasteiger partial charge in [-0.3, -0.25) is 4.79 Å². The van der Waals surface area contributed by atoms with E-state index in [9.17, 15) is 4.79 Å². The summed E-state index contributed by atoms with van der Waals surface area (Å²) in [6.07, 6.45) is 1.14. The number of nitrogens with one attached hydrogen (secondary N) is 1. The minimum absolute atomic E-state index is 0.190. The van der Waals surface area contributed by atoms with Crippen LogP contribution in [0.25, 0.3) is 0 Å². The standard InChI is InChI=1S/C15H16ClNO2S/c1-19-14(18)10-11-4-2-6-13(15(11)16)17-8-7-12-5-3-9-20-12/h2-6,9,17H,7-8,10H2,1H3. The van der Waals surface area contributed by atoms with Crippen LogP contribution in [0.15, 0.2) is 35.7 Å². The zero-order valence-electron chi connectivity index (χ0n) is 11.2. The van der Waals surface area contributed by atoms with Gasteiger partial charge in [-0.1, -0.05) is 29.8 Å². The SMILES string of the molecule is COC(=O)Cc1cccc(NCCc2cccs2)c1Cl. The third kappa shape index (κ3) is 3.99. The molecule has 0 atom stereocenters. The lowest BCUT2D eigenvalue weighted by atomic mass is 10.1. The van der Waals surface area contributed by atoms with Crippen molar-refractivity contribution in [3.05, 3.63) is 51.2 Å². The second-order valence-corrected chi connectivity index (χ2v) is 5.70. The lowest BCUT2D eigenvalue weighted by molar-refractivity contribution is -0.139. The molecule has 20 heavy (non-hydrogen) atoms. The van der Waals surface area contributed by atoms with Gasteiger partial charge in [-0.15, -0.1) is 11.3 Å². The van der Waals surface area contributed by atoms with Crippen molar-refractivity contribution >= 4 is 34.6 Å². The average molecular weight is 310 g/mol. The molecule has 2 rings (SSSR count). The van der Waals surface area contributed by atoms with Gasteiger partial charge in [0.15, 0.2) is 0 Å². The summed E-state index contributed by atoms with van der Waals surface area (Å²) in [6, 6.07) is 9.80. The second kappa shape index (κ2) is 7.31. The van der Waals surface area contributed by atoms with Crippen LogP contribution in [0.5, 0.6) is 0 Å². The maximum absolute atomic E-state index is 11.3. The first-order valence-corrected chi connectivity index (χ1v) is 7.57. The molecule has 0 aliphatic carbocycles. The molecule has 0 radical (unpaired) electrons. The third-order valence-corrected chi connectivity index (χ3v) is 4.29. The van der Waals surface area contributed by atoms with Crippen LogP contribution >= 0.6 is 22.9 Å². The van der Waals surface area contributed by atoms with Crippen LogP contribution < -0.4 is 5.32 Å². The number of methoxy groups -OCH3 is 1. The maximum atomic E-state index is 11.3. The number of benzene rings is 1. The lowest BCUT2D eigenvalue weighted by Crippen LogP contribution is -2.08. The molecule has 0 fully saturated rings. The molecule has 0 aliphatic rings. The normalized spacial score (nSPS) is 10.3. The van der Waals surface area contributed by atoms with Crippen molar-refractivity contribution < 1.29 is 9.53 Å². The van der Waals surface area contributed by atoms with E-state index in [4.69, 9.17) is 11.6 Å². The summed E-state index contributed by atoms with van der Waals surface area (Å²) < 4.78 is 4.66. The average Bonchev–Trinajstić information content (AvgIpc) is 2.96. The van der Waals surface area contributed by atoms with Gasteiger partial charge in [-0.05, 0) is 29.5 Å². The fourth-order valence-electron chi connectivity index (χ4n) is 1.86. The molecule has 0 spiro atoms. The molecule has 1 heterocycles. The molecule has 0 amide bonds. The van der Waals surface area contributed by atoms with Gasteiger partial charge in [-0.2, -0.15) is 0 Å². The van der Waals surface area contributed by atoms with E-state index in [1.807, 2.05) is 24.3 Å². The number of thiophene rings is 1. The van der Waals surface area contributed by atoms with Gasteiger partial charge in [0.25, 0.3) is 0 Å². The number of rotatable bonds is 6. The number of hydrogen-bond donors (Lipinski definition) is 1. The van der Waals surface area contributed by atoms with Crippen molar-refractivity contribution in [2.75, 3.05) is 19.0 Å². The molecule has 1 aromatic carbocycles. The summed E-state index contributed by atoms with van der Waals surface area (Å²) in [4.78, 5) is 12.6. The minimum atomic E-state index is -0.289. The fourth-order valence-corrected chi connectivity index (χ4v) is 2.82. The molecule has 106 valence electrons. The van der Waals surface area contributed by atoms with Crippen LogP contribution in [0.1, 0.15) is 10.4 Å². The van der Waals surface area contributed by atoms with Gasteiger partial charge in [0.05, 0.1) is 24.2 Å². The van der Waals surface area contributed by atoms with Crippen LogP contribution in [0.2, 0.25) is 5.02 Å². The molecule has 2 aromatic rings. The Bertz CT molecular complexity index is 569. The van der Waals surface area contributed by atoms with Crippen molar-refractivity contribution in [3.63, 3.8) is 0 Å². The van der Waals surface area contributed by atoms with E-state index in [0.717, 1.165) is 24.2 Å². The van der Waals surface area contributed by atoms with Crippen LogP contribution in [0, 0.1) is 0 Å². The minimum Gasteiger partial charge on any atom is -0.469 e. The molecule has 1 N–H and O–H groups in total. The van der Waals surface area contributed by atoms with E-state index in [-0.39, 0.29) is 12.4 Å². The molecule has 0 saturated heterocycles. The summed E-state index contributed by atoms with van der Waals surface area (Å²) in [5.41, 5.74) is 1.63. The smallest absolute Gasteiger partial charge is 0.310 e. The maximum Gasteiger partial charge on any atom is 0.310 e. The molecule has 5 heteroatoms. The Hall–Kier alpha value is -1.52. The molecule has 0 aliphatic heterocycles. The highest BCUT2D eigenvalue weighted by molar-refractivity contribution is 7.09. The number of esters is 1. The van der Waals surface area contributed by atoms with E-state index >= 15 is 0 Å². The van der Waals surface area contributed by atoms with Gasteiger partial charge in [0, 0.05) is 11.4 Å². The van der Waals surface area contributed by atoms with Gasteiger partial charge in [0.2, 0.25) is 0 Å². The van der Waals surface area contributed by atoms with Gasteiger partial charge in [0.1, 0.15) is 0 Å². The van der Waals surface area contributed by atoms with Gasteiger partial charge < -0.3 is 10.1 Å². The van der Waals surface area contributed by atoms with Crippen LogP contribution in [-0.4, -0.2) is 19.6 Å². The van der Waals surface area contributed by atoms with E-state index < -0.39 is 0 Å². The van der Waals surface area contributed by atoms with Crippen molar-refractivity contribution in [1.29, 1.82) is 0 Å². The summed E-state index contributed by atoms with van der Waals surface area (Å²) in [5.74, 6) is -0.289. The molecule has 0 saturated carbocycles. The third-order valence-electron chi connectivity index (χ3n) is 2.91. The lowest BCUT2D eigenvalue weighted by Gasteiger charge is -2.11. The van der Waals surface area contributed by atoms with E-state index in [2.05, 4.69) is 21.5 Å². The Balaban J connectivity index is 1.97. The molecular formula is C15H16ClNO2S. The number of carbonyl (C=O) groups is 1. The Morgan fingerprint density at radius 3 is 2.90 bits per heavy atom. The van der Waals surface area contributed by atoms with Gasteiger partial charge >= 0.3 is 5.97 Å². The first-order valence-electron chi connectivity index (χ1n) is 6.31. The summed E-state index contributed by atoms with van der Waals surface area (Å²) in [6.45, 7) is 0.807. The van der Waals surface area contributed by atoms with Crippen LogP contribution in [-0.2, 0) is 22.4 Å². The van der Waals surface area contributed by atoms with E-state index in [1.54, 1.807) is 11.3 Å². The number of ether oxygens (including phenoxy) is 1. The number of anilines is 1. The van der Waals surface area contributed by atoms with Crippen molar-refractivity contribution in [3.8, 4) is 0 Å². The molecule has 1 aromatic heterocycles. The number of carbonyl (C=O) groups excluding carboxylic acids is 1. The Labute approximate surface area is 127 Å². The van der Waals surface area contributed by atoms with E-state index in [0.29, 0.717) is 5.02 Å². The second-order valence-electron chi connectivity index (χ2n) is 4.29. The zero-order chi connectivity index (χ0) is 14.4. The molecule has 0 bridgehead atoms. The number of halogens is 1. The topological polar surface area (TPSA) is 38.3 Å². The largest absolute Gasteiger partial charge is 0.469 e. The predicted molar refractivity (Wildman–Crippen MR) is 83.7 cm³/mol. The quantitative estimate of drug-likeness (QED) is 0.825. The first kappa shape index (κ1) is 14.9. The fraction of sp³-hybridized carbons (Fsp3) is 0.267. The first-order chi connectivity index (χ1) is 9.70. The Morgan fingerprint density at radius 1 is 1.35 bits per heavy atom. The highest BCUT2D eigenvalue weighted by Gasteiger charge is 2.10. The summed E-state index contributed by atoms with van der Waals surface area (Å²) in [5, 5.41) is 5.96. The zero-order valence-corrected chi connectivity index (χ0v) is 12.8. The summed E-state index contributed by atoms with van der Waals surface area (Å²) >= 11 is 8.05. The predicted octanol–water partition coefficient (Wildman–Crippen LogP) is 3.77. The van der Waals surface area contributed by atoms with Crippen molar-refractivity contribution in [1.82, 2.24) is 0 Å². The van der Waals surface area contributed by atoms with Crippen LogP contribution in [0.4, 0.5) is 5.69 Å². The summed E-state index contributed by atoms with van der Waals surface area (Å²) in [7, 11) is 1.37. The highest BCUT2D eigenvalue weighted by atomic mass is 35.5. The van der Waals surface area contributed by atoms with Gasteiger partial charge in [-0.25, -0.2) is 0 Å². The molecule has 3 nitrogen and oxygen atoms in total.